The summed E-state index contributed by atoms with van der Waals surface area (Å²) in [5, 5.41) is 13.7. The molecule has 152 valence electrons. The van der Waals surface area contributed by atoms with E-state index in [2.05, 4.69) is 10.6 Å². The number of carbonyl (C=O) groups excluding carboxylic acids is 4. The molecule has 1 saturated heterocycles. The van der Waals surface area contributed by atoms with Crippen LogP contribution < -0.4 is 22.1 Å². The van der Waals surface area contributed by atoms with E-state index in [1.165, 1.54) is 18.7 Å². The largest absolute Gasteiger partial charge is 0.480 e. The molecule has 1 aliphatic rings. The zero-order valence-electron chi connectivity index (χ0n) is 15.4. The van der Waals surface area contributed by atoms with Crippen molar-refractivity contribution >= 4 is 29.6 Å². The fourth-order valence-corrected chi connectivity index (χ4v) is 2.72. The number of amides is 4. The highest BCUT2D eigenvalue weighted by Crippen LogP contribution is 2.20. The fraction of sp³-hybridized carbons (Fsp3) is 0.688. The zero-order chi connectivity index (χ0) is 20.7. The van der Waals surface area contributed by atoms with Crippen LogP contribution in [-0.4, -0.2) is 70.3 Å². The molecule has 0 aromatic heterocycles. The Balaban J connectivity index is 2.90. The molecule has 1 heterocycles. The lowest BCUT2D eigenvalue weighted by atomic mass is 10.1. The van der Waals surface area contributed by atoms with Crippen LogP contribution in [0, 0.1) is 0 Å². The smallest absolute Gasteiger partial charge is 0.325 e. The van der Waals surface area contributed by atoms with Gasteiger partial charge in [0, 0.05) is 13.0 Å². The van der Waals surface area contributed by atoms with Gasteiger partial charge in [-0.3, -0.25) is 24.0 Å². The summed E-state index contributed by atoms with van der Waals surface area (Å²) in [7, 11) is 0. The van der Waals surface area contributed by atoms with Crippen LogP contribution in [0.3, 0.4) is 0 Å². The third-order valence-corrected chi connectivity index (χ3v) is 4.28. The second-order valence-electron chi connectivity index (χ2n) is 6.61. The molecule has 1 fully saturated rings. The number of hydrogen-bond acceptors (Lipinski definition) is 6. The normalized spacial score (nSPS) is 19.7. The van der Waals surface area contributed by atoms with Crippen LogP contribution in [0.4, 0.5) is 0 Å². The molecule has 0 bridgehead atoms. The first kappa shape index (κ1) is 22.4. The van der Waals surface area contributed by atoms with Crippen molar-refractivity contribution < 1.29 is 29.1 Å². The molecule has 27 heavy (non-hydrogen) atoms. The number of nitrogens with two attached hydrogens (primary N) is 2. The van der Waals surface area contributed by atoms with Crippen molar-refractivity contribution in [3.8, 4) is 0 Å². The first-order valence-electron chi connectivity index (χ1n) is 8.72. The van der Waals surface area contributed by atoms with E-state index < -0.39 is 53.8 Å². The van der Waals surface area contributed by atoms with E-state index >= 15 is 0 Å². The second-order valence-corrected chi connectivity index (χ2v) is 6.61. The van der Waals surface area contributed by atoms with Crippen LogP contribution in [0.25, 0.3) is 0 Å². The summed E-state index contributed by atoms with van der Waals surface area (Å²) < 4.78 is 0. The summed E-state index contributed by atoms with van der Waals surface area (Å²) in [4.78, 5) is 60.4. The van der Waals surface area contributed by atoms with Gasteiger partial charge in [-0.2, -0.15) is 0 Å². The number of rotatable bonds is 9. The number of carbonyl (C=O) groups is 5. The van der Waals surface area contributed by atoms with Gasteiger partial charge >= 0.3 is 5.97 Å². The lowest BCUT2D eigenvalue weighted by Gasteiger charge is -2.29. The summed E-state index contributed by atoms with van der Waals surface area (Å²) in [6.45, 7) is 3.05. The van der Waals surface area contributed by atoms with Crippen LogP contribution in [0.1, 0.15) is 39.5 Å². The number of likely N-dealkylation sites (tertiary alicyclic amines) is 1. The van der Waals surface area contributed by atoms with Gasteiger partial charge in [0.15, 0.2) is 0 Å². The Labute approximate surface area is 156 Å². The van der Waals surface area contributed by atoms with Crippen molar-refractivity contribution in [1.29, 1.82) is 0 Å². The van der Waals surface area contributed by atoms with Gasteiger partial charge in [0.25, 0.3) is 0 Å². The molecule has 0 saturated carbocycles. The van der Waals surface area contributed by atoms with Crippen LogP contribution in [-0.2, 0) is 24.0 Å². The van der Waals surface area contributed by atoms with Crippen molar-refractivity contribution in [2.45, 2.75) is 63.7 Å². The molecule has 4 amide bonds. The molecule has 0 aromatic rings. The first-order chi connectivity index (χ1) is 12.5. The van der Waals surface area contributed by atoms with E-state index in [4.69, 9.17) is 16.6 Å². The maximum absolute atomic E-state index is 12.9. The Bertz CT molecular complexity index is 608. The molecule has 1 aliphatic heterocycles. The van der Waals surface area contributed by atoms with Crippen LogP contribution >= 0.6 is 0 Å². The van der Waals surface area contributed by atoms with Crippen molar-refractivity contribution in [3.63, 3.8) is 0 Å². The molecule has 7 N–H and O–H groups in total. The molecule has 4 unspecified atom stereocenters. The minimum absolute atomic E-state index is 0.0248. The van der Waals surface area contributed by atoms with Crippen molar-refractivity contribution in [3.05, 3.63) is 0 Å². The van der Waals surface area contributed by atoms with Gasteiger partial charge in [0.05, 0.1) is 6.04 Å². The average molecular weight is 385 g/mol. The summed E-state index contributed by atoms with van der Waals surface area (Å²) >= 11 is 0. The number of nitrogens with one attached hydrogen (secondary N) is 2. The lowest BCUT2D eigenvalue weighted by molar-refractivity contribution is -0.144. The van der Waals surface area contributed by atoms with Gasteiger partial charge in [-0.15, -0.1) is 0 Å². The maximum Gasteiger partial charge on any atom is 0.325 e. The molecule has 11 heteroatoms. The topological polar surface area (TPSA) is 185 Å². The third-order valence-electron chi connectivity index (χ3n) is 4.28. The molecule has 1 rings (SSSR count). The minimum atomic E-state index is -1.19. The number of aliphatic carboxylic acids is 1. The molecule has 0 spiro atoms. The third kappa shape index (κ3) is 6.51. The lowest BCUT2D eigenvalue weighted by Crippen LogP contribution is -2.56. The van der Waals surface area contributed by atoms with Crippen LogP contribution in [0.2, 0.25) is 0 Å². The fourth-order valence-electron chi connectivity index (χ4n) is 2.72. The molecule has 0 aliphatic carbocycles. The number of carboxylic acid groups (broad SMARTS) is 1. The Morgan fingerprint density at radius 2 is 1.81 bits per heavy atom. The van der Waals surface area contributed by atoms with E-state index in [1.807, 2.05) is 0 Å². The summed E-state index contributed by atoms with van der Waals surface area (Å²) in [5.41, 5.74) is 10.6. The van der Waals surface area contributed by atoms with E-state index in [0.717, 1.165) is 0 Å². The summed E-state index contributed by atoms with van der Waals surface area (Å²) in [5.74, 6) is -3.51. The minimum Gasteiger partial charge on any atom is -0.480 e. The standard InChI is InChI=1S/C16H27N5O6/c1-8(17)13(23)20-10(5-6-12(18)22)15(25)21-7-3-4-11(21)14(24)19-9(2)16(26)27/h8-11H,3-7,17H2,1-2H3,(H2,18,22)(H,19,24)(H,20,23)(H,26,27). The van der Waals surface area contributed by atoms with Gasteiger partial charge in [0.2, 0.25) is 23.6 Å². The van der Waals surface area contributed by atoms with Gasteiger partial charge in [-0.05, 0) is 33.1 Å². The molecule has 4 atom stereocenters. The van der Waals surface area contributed by atoms with E-state index in [0.29, 0.717) is 12.8 Å². The highest BCUT2D eigenvalue weighted by Gasteiger charge is 2.38. The number of hydrogen-bond donors (Lipinski definition) is 5. The maximum atomic E-state index is 12.9. The van der Waals surface area contributed by atoms with Crippen LogP contribution in [0.15, 0.2) is 0 Å². The Kier molecular flexibility index (Phi) is 8.16. The Morgan fingerprint density at radius 1 is 1.19 bits per heavy atom. The summed E-state index contributed by atoms with van der Waals surface area (Å²) in [6, 6.07) is -3.86. The molecule has 0 aromatic carbocycles. The highest BCUT2D eigenvalue weighted by molar-refractivity contribution is 5.94. The number of carboxylic acids is 1. The molecule has 11 nitrogen and oxygen atoms in total. The van der Waals surface area contributed by atoms with Crippen LogP contribution in [0.5, 0.6) is 0 Å². The van der Waals surface area contributed by atoms with Crippen molar-refractivity contribution in [2.75, 3.05) is 6.54 Å². The Hall–Kier alpha value is -2.69. The predicted molar refractivity (Wildman–Crippen MR) is 94.0 cm³/mol. The molecular weight excluding hydrogens is 358 g/mol. The second kappa shape index (κ2) is 9.86. The zero-order valence-corrected chi connectivity index (χ0v) is 15.4. The predicted octanol–water partition coefficient (Wildman–Crippen LogP) is -2.34. The van der Waals surface area contributed by atoms with E-state index in [9.17, 15) is 24.0 Å². The monoisotopic (exact) mass is 385 g/mol. The average Bonchev–Trinajstić information content (AvgIpc) is 3.06. The number of primary amides is 1. The van der Waals surface area contributed by atoms with Gasteiger partial charge in [-0.25, -0.2) is 0 Å². The van der Waals surface area contributed by atoms with Crippen molar-refractivity contribution in [2.24, 2.45) is 11.5 Å². The van der Waals surface area contributed by atoms with Gasteiger partial charge < -0.3 is 32.1 Å². The first-order valence-corrected chi connectivity index (χ1v) is 8.72. The summed E-state index contributed by atoms with van der Waals surface area (Å²) in [6.07, 6.45) is 0.766. The van der Waals surface area contributed by atoms with E-state index in [1.54, 1.807) is 0 Å². The number of nitrogens with zero attached hydrogens (tertiary/aromatic N) is 1. The van der Waals surface area contributed by atoms with Gasteiger partial charge in [0.1, 0.15) is 18.1 Å². The Morgan fingerprint density at radius 3 is 2.33 bits per heavy atom. The quantitative estimate of drug-likeness (QED) is 0.294. The van der Waals surface area contributed by atoms with Gasteiger partial charge in [-0.1, -0.05) is 0 Å². The molecular formula is C16H27N5O6. The van der Waals surface area contributed by atoms with E-state index in [-0.39, 0.29) is 19.4 Å². The SMILES string of the molecule is CC(N)C(=O)NC(CCC(N)=O)C(=O)N1CCCC1C(=O)NC(C)C(=O)O. The highest BCUT2D eigenvalue weighted by atomic mass is 16.4. The molecule has 0 radical (unpaired) electrons. The van der Waals surface area contributed by atoms with Crippen molar-refractivity contribution in [1.82, 2.24) is 15.5 Å².